The average molecular weight is 495 g/mol. The van der Waals surface area contributed by atoms with E-state index in [0.717, 1.165) is 17.7 Å². The van der Waals surface area contributed by atoms with Crippen LogP contribution in [0.15, 0.2) is 66.0 Å². The van der Waals surface area contributed by atoms with Gasteiger partial charge in [-0.3, -0.25) is 9.59 Å². The molecule has 184 valence electrons. The summed E-state index contributed by atoms with van der Waals surface area (Å²) in [5.41, 5.74) is 1.59. The molecule has 1 aliphatic rings. The third kappa shape index (κ3) is 6.01. The first-order valence-electron chi connectivity index (χ1n) is 11.6. The normalized spacial score (nSPS) is 14.8. The lowest BCUT2D eigenvalue weighted by Gasteiger charge is -2.37. The third-order valence-corrected chi connectivity index (χ3v) is 7.06. The monoisotopic (exact) mass is 494 g/mol. The van der Waals surface area contributed by atoms with Gasteiger partial charge in [-0.15, -0.1) is 11.3 Å². The smallest absolute Gasteiger partial charge is 0.254 e. The van der Waals surface area contributed by atoms with Crippen LogP contribution in [0.4, 0.5) is 0 Å². The van der Waals surface area contributed by atoms with Crippen LogP contribution in [0, 0.1) is 0 Å². The van der Waals surface area contributed by atoms with E-state index in [1.807, 2.05) is 35.2 Å². The Hall–Kier alpha value is -3.36. The van der Waals surface area contributed by atoms with Gasteiger partial charge in [0.25, 0.3) is 5.91 Å². The van der Waals surface area contributed by atoms with Crippen LogP contribution in [0.1, 0.15) is 26.8 Å². The van der Waals surface area contributed by atoms with Gasteiger partial charge in [-0.1, -0.05) is 24.3 Å². The number of carbonyl (C=O) groups is 2. The zero-order chi connectivity index (χ0) is 24.6. The molecule has 2 amide bonds. The molecule has 4 rings (SSSR count). The highest BCUT2D eigenvalue weighted by Gasteiger charge is 2.33. The summed E-state index contributed by atoms with van der Waals surface area (Å²) in [6.45, 7) is 1.53. The van der Waals surface area contributed by atoms with Crippen molar-refractivity contribution in [3.8, 4) is 11.5 Å². The second-order valence-electron chi connectivity index (χ2n) is 8.23. The number of hydrogen-bond acceptors (Lipinski definition) is 6. The molecule has 35 heavy (non-hydrogen) atoms. The van der Waals surface area contributed by atoms with Gasteiger partial charge in [-0.25, -0.2) is 0 Å². The number of rotatable bonds is 10. The van der Waals surface area contributed by atoms with Gasteiger partial charge in [0, 0.05) is 30.6 Å². The number of ether oxygens (including phenoxy) is 3. The molecule has 1 aliphatic heterocycles. The topological polar surface area (TPSA) is 68.3 Å². The molecular formula is C27H30N2O5S. The van der Waals surface area contributed by atoms with Crippen molar-refractivity contribution in [1.82, 2.24) is 9.80 Å². The molecule has 0 aliphatic carbocycles. The summed E-state index contributed by atoms with van der Waals surface area (Å²) in [6, 6.07) is 18.4. The van der Waals surface area contributed by atoms with E-state index in [2.05, 4.69) is 11.4 Å². The van der Waals surface area contributed by atoms with Gasteiger partial charge in [0.15, 0.2) is 0 Å². The van der Waals surface area contributed by atoms with Crippen LogP contribution in [-0.2, 0) is 16.0 Å². The molecule has 0 fully saturated rings. The summed E-state index contributed by atoms with van der Waals surface area (Å²) in [7, 11) is 3.14. The van der Waals surface area contributed by atoms with Gasteiger partial charge in [-0.05, 0) is 53.8 Å². The summed E-state index contributed by atoms with van der Waals surface area (Å²) in [5, 5.41) is 2.06. The largest absolute Gasteiger partial charge is 0.497 e. The Labute approximate surface area is 209 Å². The molecule has 1 atom stereocenters. The molecule has 0 unspecified atom stereocenters. The van der Waals surface area contributed by atoms with E-state index in [9.17, 15) is 9.59 Å². The second-order valence-corrected chi connectivity index (χ2v) is 9.23. The Morgan fingerprint density at radius 1 is 1.06 bits per heavy atom. The number of thiophene rings is 1. The number of para-hydroxylation sites is 1. The minimum absolute atomic E-state index is 0.0410. The van der Waals surface area contributed by atoms with Crippen LogP contribution >= 0.6 is 11.3 Å². The van der Waals surface area contributed by atoms with Crippen molar-refractivity contribution < 1.29 is 23.8 Å². The molecule has 1 aromatic heterocycles. The Morgan fingerprint density at radius 3 is 2.63 bits per heavy atom. The number of hydrogen-bond donors (Lipinski definition) is 0. The lowest BCUT2D eigenvalue weighted by molar-refractivity contribution is -0.135. The zero-order valence-corrected chi connectivity index (χ0v) is 20.8. The molecule has 2 aromatic carbocycles. The van der Waals surface area contributed by atoms with E-state index in [1.165, 1.54) is 4.88 Å². The number of nitrogens with zero attached hydrogens (tertiary/aromatic N) is 2. The number of fused-ring (bicyclic) bond motifs is 1. The highest BCUT2D eigenvalue weighted by Crippen LogP contribution is 2.34. The fourth-order valence-corrected chi connectivity index (χ4v) is 5.14. The van der Waals surface area contributed by atoms with Crippen LogP contribution in [0.25, 0.3) is 0 Å². The number of amides is 2. The predicted molar refractivity (Wildman–Crippen MR) is 135 cm³/mol. The summed E-state index contributed by atoms with van der Waals surface area (Å²) < 4.78 is 16.5. The predicted octanol–water partition coefficient (Wildman–Crippen LogP) is 4.05. The zero-order valence-electron chi connectivity index (χ0n) is 20.0. The summed E-state index contributed by atoms with van der Waals surface area (Å²) in [6.07, 6.45) is 0.794. The second kappa shape index (κ2) is 11.9. The number of carbonyl (C=O) groups excluding carboxylic acids is 2. The Morgan fingerprint density at radius 2 is 1.86 bits per heavy atom. The lowest BCUT2D eigenvalue weighted by atomic mass is 10.0. The molecule has 0 spiro atoms. The third-order valence-electron chi connectivity index (χ3n) is 6.06. The van der Waals surface area contributed by atoms with E-state index < -0.39 is 0 Å². The molecule has 0 radical (unpaired) electrons. The minimum atomic E-state index is -0.236. The number of benzene rings is 2. The molecule has 0 saturated heterocycles. The van der Waals surface area contributed by atoms with Gasteiger partial charge in [-0.2, -0.15) is 0 Å². The van der Waals surface area contributed by atoms with Crippen molar-refractivity contribution in [3.05, 3.63) is 82.0 Å². The SMILES string of the molecule is COCCN(CC(=O)N1CCc2sccc2[C@H]1COc1ccccc1)C(=O)c1cccc(OC)c1. The Bertz CT molecular complexity index is 1130. The molecule has 7 nitrogen and oxygen atoms in total. The van der Waals surface area contributed by atoms with Crippen molar-refractivity contribution in [2.45, 2.75) is 12.5 Å². The van der Waals surface area contributed by atoms with Gasteiger partial charge in [0.05, 0.1) is 19.8 Å². The maximum atomic E-state index is 13.6. The molecule has 3 aromatic rings. The fourth-order valence-electron chi connectivity index (χ4n) is 4.21. The van der Waals surface area contributed by atoms with Crippen molar-refractivity contribution >= 4 is 23.2 Å². The fraction of sp³-hybridized carbons (Fsp3) is 0.333. The van der Waals surface area contributed by atoms with Crippen LogP contribution in [-0.4, -0.2) is 68.7 Å². The minimum Gasteiger partial charge on any atom is -0.497 e. The van der Waals surface area contributed by atoms with Gasteiger partial charge in [0.2, 0.25) is 5.91 Å². The van der Waals surface area contributed by atoms with Crippen molar-refractivity contribution in [2.24, 2.45) is 0 Å². The Balaban J connectivity index is 1.52. The van der Waals surface area contributed by atoms with Crippen LogP contribution in [0.3, 0.4) is 0 Å². The molecule has 8 heteroatoms. The maximum Gasteiger partial charge on any atom is 0.254 e. The summed E-state index contributed by atoms with van der Waals surface area (Å²) in [5.74, 6) is 1.00. The van der Waals surface area contributed by atoms with Gasteiger partial charge >= 0.3 is 0 Å². The Kier molecular flexibility index (Phi) is 8.39. The first-order valence-corrected chi connectivity index (χ1v) is 12.4. The average Bonchev–Trinajstić information content (AvgIpc) is 3.39. The molecular weight excluding hydrogens is 464 g/mol. The van der Waals surface area contributed by atoms with Crippen molar-refractivity contribution in [3.63, 3.8) is 0 Å². The summed E-state index contributed by atoms with van der Waals surface area (Å²) >= 11 is 1.71. The van der Waals surface area contributed by atoms with Crippen molar-refractivity contribution in [1.29, 1.82) is 0 Å². The number of methoxy groups -OCH3 is 2. The van der Waals surface area contributed by atoms with Crippen LogP contribution in [0.5, 0.6) is 11.5 Å². The molecule has 0 bridgehead atoms. The first kappa shape index (κ1) is 24.8. The van der Waals surface area contributed by atoms with Gasteiger partial charge in [0.1, 0.15) is 24.7 Å². The van der Waals surface area contributed by atoms with E-state index in [1.54, 1.807) is 54.7 Å². The van der Waals surface area contributed by atoms with E-state index >= 15 is 0 Å². The molecule has 0 N–H and O–H groups in total. The van der Waals surface area contributed by atoms with Crippen LogP contribution < -0.4 is 9.47 Å². The van der Waals surface area contributed by atoms with E-state index in [4.69, 9.17) is 14.2 Å². The van der Waals surface area contributed by atoms with Crippen LogP contribution in [0.2, 0.25) is 0 Å². The summed E-state index contributed by atoms with van der Waals surface area (Å²) in [4.78, 5) is 31.6. The first-order chi connectivity index (χ1) is 17.1. The van der Waals surface area contributed by atoms with E-state index in [-0.39, 0.29) is 24.4 Å². The molecule has 2 heterocycles. The highest BCUT2D eigenvalue weighted by molar-refractivity contribution is 7.10. The molecule has 0 saturated carbocycles. The van der Waals surface area contributed by atoms with Crippen molar-refractivity contribution in [2.75, 3.05) is 47.1 Å². The van der Waals surface area contributed by atoms with Gasteiger partial charge < -0.3 is 24.0 Å². The van der Waals surface area contributed by atoms with E-state index in [0.29, 0.717) is 37.6 Å². The maximum absolute atomic E-state index is 13.6. The highest BCUT2D eigenvalue weighted by atomic mass is 32.1. The quantitative estimate of drug-likeness (QED) is 0.425. The standard InChI is InChI=1S/C27H30N2O5S/c1-32-15-14-28(27(31)20-7-6-10-22(17-20)33-2)18-26(30)29-13-11-25-23(12-16-35-25)24(29)19-34-21-8-4-3-5-9-21/h3-10,12,16-17,24H,11,13-15,18-19H2,1-2H3/t24-/m1/s1. The lowest BCUT2D eigenvalue weighted by Crippen LogP contribution is -2.48.